The molecule has 1 fully saturated rings. The van der Waals surface area contributed by atoms with E-state index >= 15 is 0 Å². The normalized spacial score (nSPS) is 24.0. The van der Waals surface area contributed by atoms with Gasteiger partial charge in [-0.1, -0.05) is 17.7 Å². The summed E-state index contributed by atoms with van der Waals surface area (Å²) in [5.41, 5.74) is 2.10. The Kier molecular flexibility index (Phi) is 4.18. The van der Waals surface area contributed by atoms with E-state index in [1.165, 1.54) is 0 Å². The van der Waals surface area contributed by atoms with Gasteiger partial charge >= 0.3 is 0 Å². The molecule has 1 aliphatic rings. The zero-order valence-electron chi connectivity index (χ0n) is 10.1. The Labute approximate surface area is 112 Å². The Morgan fingerprint density at radius 3 is 2.82 bits per heavy atom. The lowest BCUT2D eigenvalue weighted by atomic mass is 10.1. The van der Waals surface area contributed by atoms with E-state index in [1.807, 2.05) is 12.1 Å². The molecule has 17 heavy (non-hydrogen) atoms. The monoisotopic (exact) mass is 273 g/mol. The summed E-state index contributed by atoms with van der Waals surface area (Å²) in [7, 11) is 2.08. The van der Waals surface area contributed by atoms with Crippen LogP contribution in [-0.4, -0.2) is 25.8 Å². The van der Waals surface area contributed by atoms with Gasteiger partial charge in [-0.25, -0.2) is 0 Å². The summed E-state index contributed by atoms with van der Waals surface area (Å²) in [6.07, 6.45) is 1.30. The zero-order chi connectivity index (χ0) is 12.4. The first-order chi connectivity index (χ1) is 8.15. The molecule has 1 saturated heterocycles. The summed E-state index contributed by atoms with van der Waals surface area (Å²) in [5, 5.41) is 0.732. The molecule has 0 amide bonds. The van der Waals surface area contributed by atoms with Crippen LogP contribution < -0.4 is 4.90 Å². The van der Waals surface area contributed by atoms with Gasteiger partial charge in [0.15, 0.2) is 0 Å². The molecule has 4 heteroatoms. The summed E-state index contributed by atoms with van der Waals surface area (Å²) in [5.74, 6) is 0.432. The molecule has 94 valence electrons. The minimum absolute atomic E-state index is 0.252. The molecule has 2 unspecified atom stereocenters. The first-order valence-corrected chi connectivity index (χ1v) is 6.74. The highest BCUT2D eigenvalue weighted by atomic mass is 35.5. The number of hydrogen-bond donors (Lipinski definition) is 0. The third-order valence-corrected chi connectivity index (χ3v) is 4.06. The van der Waals surface area contributed by atoms with Crippen molar-refractivity contribution < 1.29 is 4.74 Å². The van der Waals surface area contributed by atoms with E-state index in [-0.39, 0.29) is 6.10 Å². The molecule has 0 bridgehead atoms. The van der Waals surface area contributed by atoms with Crippen LogP contribution in [0.25, 0.3) is 0 Å². The molecule has 1 heterocycles. The van der Waals surface area contributed by atoms with Crippen molar-refractivity contribution in [1.29, 1.82) is 0 Å². The number of nitrogens with zero attached hydrogens (tertiary/aromatic N) is 1. The van der Waals surface area contributed by atoms with E-state index in [0.717, 1.165) is 29.3 Å². The van der Waals surface area contributed by atoms with Crippen molar-refractivity contribution in [2.75, 3.05) is 18.6 Å². The number of benzene rings is 1. The largest absolute Gasteiger partial charge is 0.376 e. The third kappa shape index (κ3) is 2.54. The average Bonchev–Trinajstić information content (AvgIpc) is 2.74. The number of anilines is 1. The zero-order valence-corrected chi connectivity index (χ0v) is 11.6. The van der Waals surface area contributed by atoms with E-state index in [1.54, 1.807) is 0 Å². The van der Waals surface area contributed by atoms with Crippen LogP contribution in [0.15, 0.2) is 18.2 Å². The van der Waals surface area contributed by atoms with Crippen LogP contribution in [0.5, 0.6) is 0 Å². The lowest BCUT2D eigenvalue weighted by Gasteiger charge is -2.30. The van der Waals surface area contributed by atoms with Crippen LogP contribution >= 0.6 is 23.2 Å². The molecule has 2 nitrogen and oxygen atoms in total. The van der Waals surface area contributed by atoms with Crippen LogP contribution in [0.4, 0.5) is 5.69 Å². The van der Waals surface area contributed by atoms with Gasteiger partial charge in [-0.15, -0.1) is 11.6 Å². The van der Waals surface area contributed by atoms with Crippen molar-refractivity contribution in [1.82, 2.24) is 0 Å². The summed E-state index contributed by atoms with van der Waals surface area (Å²) < 4.78 is 5.60. The smallest absolute Gasteiger partial charge is 0.0750 e. The number of ether oxygens (including phenoxy) is 1. The van der Waals surface area contributed by atoms with Crippen molar-refractivity contribution in [2.24, 2.45) is 0 Å². The topological polar surface area (TPSA) is 12.5 Å². The Balaban J connectivity index is 2.30. The second-order valence-electron chi connectivity index (χ2n) is 4.41. The van der Waals surface area contributed by atoms with Crippen molar-refractivity contribution in [3.8, 4) is 0 Å². The highest BCUT2D eigenvalue weighted by molar-refractivity contribution is 6.32. The van der Waals surface area contributed by atoms with Crippen molar-refractivity contribution >= 4 is 28.9 Å². The van der Waals surface area contributed by atoms with Crippen molar-refractivity contribution in [3.63, 3.8) is 0 Å². The van der Waals surface area contributed by atoms with E-state index in [4.69, 9.17) is 27.9 Å². The predicted molar refractivity (Wildman–Crippen MR) is 73.2 cm³/mol. The number of likely N-dealkylation sites (N-methyl/N-ethyl adjacent to an activating group) is 1. The minimum atomic E-state index is 0.252. The summed E-state index contributed by atoms with van der Waals surface area (Å²) in [6, 6.07) is 6.31. The van der Waals surface area contributed by atoms with Gasteiger partial charge < -0.3 is 9.64 Å². The summed E-state index contributed by atoms with van der Waals surface area (Å²) >= 11 is 12.2. The van der Waals surface area contributed by atoms with Gasteiger partial charge in [0, 0.05) is 29.9 Å². The molecule has 0 saturated carbocycles. The third-order valence-electron chi connectivity index (χ3n) is 3.44. The first-order valence-electron chi connectivity index (χ1n) is 5.83. The molecular formula is C13H17Cl2NO. The van der Waals surface area contributed by atoms with Crippen LogP contribution in [0, 0.1) is 0 Å². The first kappa shape index (κ1) is 13.0. The molecule has 1 aromatic rings. The standard InChI is InChI=1S/C13H17Cl2NO/c1-9-12(6-7-17-9)16(2)13-5-3-4-11(15)10(13)8-14/h3-5,9,12H,6-8H2,1-2H3. The molecule has 0 aliphatic carbocycles. The second-order valence-corrected chi connectivity index (χ2v) is 5.09. The molecule has 1 aliphatic heterocycles. The van der Waals surface area contributed by atoms with E-state index in [9.17, 15) is 0 Å². The van der Waals surface area contributed by atoms with Crippen LogP contribution in [0.3, 0.4) is 0 Å². The molecule has 2 atom stereocenters. The van der Waals surface area contributed by atoms with Gasteiger partial charge in [-0.3, -0.25) is 0 Å². The van der Waals surface area contributed by atoms with Gasteiger partial charge in [-0.2, -0.15) is 0 Å². The van der Waals surface area contributed by atoms with Gasteiger partial charge in [-0.05, 0) is 25.5 Å². The fraction of sp³-hybridized carbons (Fsp3) is 0.538. The van der Waals surface area contributed by atoms with E-state index in [0.29, 0.717) is 11.9 Å². The number of halogens is 2. The molecule has 0 aromatic heterocycles. The Hall–Kier alpha value is -0.440. The Bertz CT molecular complexity index is 397. The average molecular weight is 274 g/mol. The number of hydrogen-bond acceptors (Lipinski definition) is 2. The second kappa shape index (κ2) is 5.47. The van der Waals surface area contributed by atoms with Gasteiger partial charge in [0.1, 0.15) is 0 Å². The summed E-state index contributed by atoms with van der Waals surface area (Å²) in [6.45, 7) is 2.94. The molecule has 0 spiro atoms. The highest BCUT2D eigenvalue weighted by Crippen LogP contribution is 2.32. The van der Waals surface area contributed by atoms with Gasteiger partial charge in [0.25, 0.3) is 0 Å². The van der Waals surface area contributed by atoms with Crippen molar-refractivity contribution in [3.05, 3.63) is 28.8 Å². The van der Waals surface area contributed by atoms with E-state index in [2.05, 4.69) is 24.9 Å². The fourth-order valence-electron chi connectivity index (χ4n) is 2.42. The fourth-order valence-corrected chi connectivity index (χ4v) is 3.00. The maximum atomic E-state index is 6.17. The van der Waals surface area contributed by atoms with Crippen LogP contribution in [-0.2, 0) is 10.6 Å². The lowest BCUT2D eigenvalue weighted by molar-refractivity contribution is 0.118. The molecule has 0 radical (unpaired) electrons. The van der Waals surface area contributed by atoms with Crippen LogP contribution in [0.2, 0.25) is 5.02 Å². The maximum absolute atomic E-state index is 6.17. The lowest BCUT2D eigenvalue weighted by Crippen LogP contribution is -2.37. The SMILES string of the molecule is CC1OCCC1N(C)c1cccc(Cl)c1CCl. The molecule has 0 N–H and O–H groups in total. The minimum Gasteiger partial charge on any atom is -0.376 e. The van der Waals surface area contributed by atoms with Gasteiger partial charge in [0.05, 0.1) is 18.0 Å². The Morgan fingerprint density at radius 1 is 1.47 bits per heavy atom. The van der Waals surface area contributed by atoms with Gasteiger partial charge in [0.2, 0.25) is 0 Å². The highest BCUT2D eigenvalue weighted by Gasteiger charge is 2.29. The number of alkyl halides is 1. The van der Waals surface area contributed by atoms with Crippen LogP contribution in [0.1, 0.15) is 18.9 Å². The molecule has 1 aromatic carbocycles. The van der Waals surface area contributed by atoms with E-state index < -0.39 is 0 Å². The summed E-state index contributed by atoms with van der Waals surface area (Å²) in [4.78, 5) is 2.24. The molecule has 2 rings (SSSR count). The quantitative estimate of drug-likeness (QED) is 0.779. The predicted octanol–water partition coefficient (Wildman–Crippen LogP) is 3.69. The Morgan fingerprint density at radius 2 is 2.24 bits per heavy atom. The maximum Gasteiger partial charge on any atom is 0.0750 e. The molecular weight excluding hydrogens is 257 g/mol. The van der Waals surface area contributed by atoms with Crippen molar-refractivity contribution in [2.45, 2.75) is 31.4 Å². The number of rotatable bonds is 3.